The van der Waals surface area contributed by atoms with Gasteiger partial charge in [-0.2, -0.15) is 5.10 Å². The Kier molecular flexibility index (Phi) is 2.26. The lowest BCUT2D eigenvalue weighted by Gasteiger charge is -2.08. The van der Waals surface area contributed by atoms with Crippen molar-refractivity contribution in [3.05, 3.63) is 30.6 Å². The number of aryl methyl sites for hydroxylation is 1. The molecule has 3 rings (SSSR count). The summed E-state index contributed by atoms with van der Waals surface area (Å²) in [5.74, 6) is 1.42. The predicted octanol–water partition coefficient (Wildman–Crippen LogP) is 2.16. The van der Waals surface area contributed by atoms with Crippen molar-refractivity contribution in [1.29, 1.82) is 0 Å². The minimum Gasteiger partial charge on any atom is -0.495 e. The van der Waals surface area contributed by atoms with E-state index in [0.717, 1.165) is 27.8 Å². The van der Waals surface area contributed by atoms with E-state index in [9.17, 15) is 0 Å². The molecular formula is C13H14N4O. The number of fused-ring (bicyclic) bond motifs is 1. The van der Waals surface area contributed by atoms with Gasteiger partial charge in [-0.25, -0.2) is 0 Å². The number of methoxy groups -OCH3 is 1. The van der Waals surface area contributed by atoms with Crippen LogP contribution in [0, 0.1) is 0 Å². The van der Waals surface area contributed by atoms with Crippen LogP contribution in [0.15, 0.2) is 30.6 Å². The Morgan fingerprint density at radius 2 is 2.11 bits per heavy atom. The number of anilines is 1. The molecule has 1 aromatic carbocycles. The molecular weight excluding hydrogens is 228 g/mol. The number of nitrogens with two attached hydrogens (primary N) is 1. The normalized spacial score (nSPS) is 11.0. The number of rotatable bonds is 2. The zero-order valence-corrected chi connectivity index (χ0v) is 10.3. The van der Waals surface area contributed by atoms with Crippen LogP contribution in [0.1, 0.15) is 0 Å². The van der Waals surface area contributed by atoms with Gasteiger partial charge in [0.1, 0.15) is 11.6 Å². The molecule has 0 unspecified atom stereocenters. The lowest BCUT2D eigenvalue weighted by molar-refractivity contribution is 0.418. The average molecular weight is 242 g/mol. The minimum absolute atomic E-state index is 0.574. The summed E-state index contributed by atoms with van der Waals surface area (Å²) in [6.45, 7) is 0. The molecule has 0 radical (unpaired) electrons. The van der Waals surface area contributed by atoms with Crippen LogP contribution in [0.2, 0.25) is 0 Å². The standard InChI is InChI=1S/C13H14N4O/c1-17-6-5-9-8(10-7-15-16-13(10)14)3-4-11(18-2)12(9)17/h3-7H,1-2H3,(H3,14,15,16). The van der Waals surface area contributed by atoms with Crippen LogP contribution in [-0.2, 0) is 7.05 Å². The van der Waals surface area contributed by atoms with Gasteiger partial charge in [0, 0.05) is 24.2 Å². The van der Waals surface area contributed by atoms with Crippen LogP contribution < -0.4 is 10.5 Å². The molecule has 0 fully saturated rings. The van der Waals surface area contributed by atoms with Crippen molar-refractivity contribution in [2.75, 3.05) is 12.8 Å². The fourth-order valence-electron chi connectivity index (χ4n) is 2.29. The van der Waals surface area contributed by atoms with E-state index in [2.05, 4.69) is 16.3 Å². The van der Waals surface area contributed by atoms with Crippen LogP contribution >= 0.6 is 0 Å². The second kappa shape index (κ2) is 3.80. The van der Waals surface area contributed by atoms with Gasteiger partial charge in [-0.15, -0.1) is 0 Å². The first-order valence-corrected chi connectivity index (χ1v) is 5.63. The fraction of sp³-hybridized carbons (Fsp3) is 0.154. The zero-order chi connectivity index (χ0) is 12.7. The average Bonchev–Trinajstić information content (AvgIpc) is 2.96. The molecule has 0 saturated carbocycles. The summed E-state index contributed by atoms with van der Waals surface area (Å²) in [5.41, 5.74) is 8.90. The molecule has 0 amide bonds. The van der Waals surface area contributed by atoms with Gasteiger partial charge in [-0.1, -0.05) is 0 Å². The van der Waals surface area contributed by atoms with Crippen molar-refractivity contribution in [2.45, 2.75) is 0 Å². The van der Waals surface area contributed by atoms with E-state index in [-0.39, 0.29) is 0 Å². The molecule has 92 valence electrons. The number of benzene rings is 1. The van der Waals surface area contributed by atoms with Crippen molar-refractivity contribution in [3.63, 3.8) is 0 Å². The Labute approximate surface area is 104 Å². The van der Waals surface area contributed by atoms with E-state index in [1.165, 1.54) is 0 Å². The highest BCUT2D eigenvalue weighted by Gasteiger charge is 2.13. The summed E-state index contributed by atoms with van der Waals surface area (Å²) in [6.07, 6.45) is 3.75. The second-order valence-corrected chi connectivity index (χ2v) is 4.20. The van der Waals surface area contributed by atoms with Gasteiger partial charge in [0.05, 0.1) is 18.8 Å². The number of nitrogen functional groups attached to an aromatic ring is 1. The number of hydrogen-bond acceptors (Lipinski definition) is 3. The van der Waals surface area contributed by atoms with E-state index in [1.54, 1.807) is 13.3 Å². The highest BCUT2D eigenvalue weighted by atomic mass is 16.5. The third-order valence-electron chi connectivity index (χ3n) is 3.18. The molecule has 0 aliphatic heterocycles. The van der Waals surface area contributed by atoms with Crippen LogP contribution in [-0.4, -0.2) is 21.9 Å². The first-order chi connectivity index (χ1) is 8.72. The number of ether oxygens (including phenoxy) is 1. The fourth-order valence-corrected chi connectivity index (χ4v) is 2.29. The summed E-state index contributed by atoms with van der Waals surface area (Å²) >= 11 is 0. The molecule has 0 bridgehead atoms. The smallest absolute Gasteiger partial charge is 0.143 e. The Morgan fingerprint density at radius 1 is 1.28 bits per heavy atom. The van der Waals surface area contributed by atoms with Gasteiger partial charge in [-0.05, 0) is 23.8 Å². The van der Waals surface area contributed by atoms with Crippen LogP contribution in [0.4, 0.5) is 5.82 Å². The molecule has 0 atom stereocenters. The lowest BCUT2D eigenvalue weighted by Crippen LogP contribution is -1.92. The SMILES string of the molecule is COc1ccc(-c2cn[nH]c2N)c2ccn(C)c12. The molecule has 0 aliphatic rings. The molecule has 0 saturated heterocycles. The first-order valence-electron chi connectivity index (χ1n) is 5.63. The van der Waals surface area contributed by atoms with Gasteiger partial charge in [0.2, 0.25) is 0 Å². The molecule has 5 heteroatoms. The Hall–Kier alpha value is -2.43. The number of aromatic amines is 1. The summed E-state index contributed by atoms with van der Waals surface area (Å²) in [4.78, 5) is 0. The highest BCUT2D eigenvalue weighted by molar-refractivity contribution is 6.00. The van der Waals surface area contributed by atoms with Crippen molar-refractivity contribution in [3.8, 4) is 16.9 Å². The van der Waals surface area contributed by atoms with E-state index in [0.29, 0.717) is 5.82 Å². The van der Waals surface area contributed by atoms with Crippen molar-refractivity contribution < 1.29 is 4.74 Å². The van der Waals surface area contributed by atoms with E-state index in [4.69, 9.17) is 10.5 Å². The van der Waals surface area contributed by atoms with E-state index < -0.39 is 0 Å². The maximum atomic E-state index is 5.88. The van der Waals surface area contributed by atoms with Crippen molar-refractivity contribution in [2.24, 2.45) is 7.05 Å². The number of nitrogens with one attached hydrogen (secondary N) is 1. The second-order valence-electron chi connectivity index (χ2n) is 4.20. The monoisotopic (exact) mass is 242 g/mol. The highest BCUT2D eigenvalue weighted by Crippen LogP contribution is 2.36. The largest absolute Gasteiger partial charge is 0.495 e. The van der Waals surface area contributed by atoms with E-state index in [1.807, 2.05) is 29.9 Å². The van der Waals surface area contributed by atoms with Crippen molar-refractivity contribution in [1.82, 2.24) is 14.8 Å². The number of hydrogen-bond donors (Lipinski definition) is 2. The molecule has 3 aromatic rings. The third-order valence-corrected chi connectivity index (χ3v) is 3.18. The maximum absolute atomic E-state index is 5.88. The number of H-pyrrole nitrogens is 1. The van der Waals surface area contributed by atoms with Gasteiger partial charge < -0.3 is 15.0 Å². The predicted molar refractivity (Wildman–Crippen MR) is 71.5 cm³/mol. The molecule has 0 aliphatic carbocycles. The molecule has 2 heterocycles. The van der Waals surface area contributed by atoms with Gasteiger partial charge in [0.15, 0.2) is 0 Å². The Morgan fingerprint density at radius 3 is 2.78 bits per heavy atom. The molecule has 2 aromatic heterocycles. The molecule has 3 N–H and O–H groups in total. The van der Waals surface area contributed by atoms with E-state index >= 15 is 0 Å². The van der Waals surface area contributed by atoms with Crippen molar-refractivity contribution >= 4 is 16.7 Å². The number of aromatic nitrogens is 3. The quantitative estimate of drug-likeness (QED) is 0.723. The summed E-state index contributed by atoms with van der Waals surface area (Å²) < 4.78 is 7.43. The molecule has 5 nitrogen and oxygen atoms in total. The zero-order valence-electron chi connectivity index (χ0n) is 10.3. The number of nitrogens with zero attached hydrogens (tertiary/aromatic N) is 2. The van der Waals surface area contributed by atoms with Gasteiger partial charge in [-0.3, -0.25) is 5.10 Å². The van der Waals surface area contributed by atoms with Crippen LogP contribution in [0.3, 0.4) is 0 Å². The topological polar surface area (TPSA) is 68.9 Å². The summed E-state index contributed by atoms with van der Waals surface area (Å²) in [7, 11) is 3.67. The molecule has 0 spiro atoms. The minimum atomic E-state index is 0.574. The maximum Gasteiger partial charge on any atom is 0.143 e. The Balaban J connectivity index is 2.36. The third kappa shape index (κ3) is 1.37. The van der Waals surface area contributed by atoms with Crippen LogP contribution in [0.5, 0.6) is 5.75 Å². The lowest BCUT2D eigenvalue weighted by atomic mass is 10.0. The first kappa shape index (κ1) is 10.7. The van der Waals surface area contributed by atoms with Gasteiger partial charge >= 0.3 is 0 Å². The summed E-state index contributed by atoms with van der Waals surface area (Å²) in [6, 6.07) is 6.01. The molecule has 18 heavy (non-hydrogen) atoms. The van der Waals surface area contributed by atoms with Gasteiger partial charge in [0.25, 0.3) is 0 Å². The summed E-state index contributed by atoms with van der Waals surface area (Å²) in [5, 5.41) is 7.82. The Bertz CT molecular complexity index is 711. The van der Waals surface area contributed by atoms with Crippen LogP contribution in [0.25, 0.3) is 22.0 Å².